The van der Waals surface area contributed by atoms with Crippen LogP contribution in [-0.2, 0) is 0 Å². The lowest BCUT2D eigenvalue weighted by molar-refractivity contribution is 0.0235. The maximum absolute atomic E-state index is 13.9. The van der Waals surface area contributed by atoms with Crippen LogP contribution in [0, 0.1) is 17.8 Å². The number of halogens is 2. The lowest BCUT2D eigenvalue weighted by Crippen LogP contribution is -2.37. The molecule has 2 saturated carbocycles. The van der Waals surface area contributed by atoms with Crippen molar-refractivity contribution in [1.29, 1.82) is 0 Å². The van der Waals surface area contributed by atoms with Gasteiger partial charge in [0.05, 0.1) is 0 Å². The Morgan fingerprint density at radius 1 is 0.941 bits per heavy atom. The molecule has 0 radical (unpaired) electrons. The van der Waals surface area contributed by atoms with E-state index >= 15 is 0 Å². The molecule has 0 saturated heterocycles. The van der Waals surface area contributed by atoms with E-state index in [4.69, 9.17) is 0 Å². The summed E-state index contributed by atoms with van der Waals surface area (Å²) in [7, 11) is 0. The quantitative estimate of drug-likeness (QED) is 0.607. The van der Waals surface area contributed by atoms with Crippen LogP contribution >= 0.6 is 0 Å². The zero-order chi connectivity index (χ0) is 12.3. The Bertz CT molecular complexity index is 254. The van der Waals surface area contributed by atoms with E-state index in [-0.39, 0.29) is 5.92 Å². The largest absolute Gasteiger partial charge is 0.244 e. The van der Waals surface area contributed by atoms with E-state index < -0.39 is 12.3 Å². The second-order valence-electron chi connectivity index (χ2n) is 5.76. The van der Waals surface area contributed by atoms with Gasteiger partial charge in [-0.2, -0.15) is 0 Å². The second-order valence-corrected chi connectivity index (χ2v) is 5.76. The highest BCUT2D eigenvalue weighted by atomic mass is 19.2. The van der Waals surface area contributed by atoms with Gasteiger partial charge in [0, 0.05) is 0 Å². The Morgan fingerprint density at radius 2 is 1.65 bits per heavy atom. The molecule has 17 heavy (non-hydrogen) atoms. The first-order chi connectivity index (χ1) is 8.22. The van der Waals surface area contributed by atoms with E-state index in [0.29, 0.717) is 18.3 Å². The Labute approximate surface area is 103 Å². The van der Waals surface area contributed by atoms with Crippen molar-refractivity contribution in [1.82, 2.24) is 0 Å². The van der Waals surface area contributed by atoms with Crippen LogP contribution in [0.2, 0.25) is 0 Å². The minimum absolute atomic E-state index is 0.00491. The number of hydrogen-bond donors (Lipinski definition) is 0. The van der Waals surface area contributed by atoms with Crippen LogP contribution in [0.25, 0.3) is 0 Å². The predicted molar refractivity (Wildman–Crippen MR) is 67.4 cm³/mol. The van der Waals surface area contributed by atoms with Gasteiger partial charge >= 0.3 is 0 Å². The van der Waals surface area contributed by atoms with E-state index in [0.717, 1.165) is 38.5 Å². The normalized spacial score (nSPS) is 44.1. The smallest absolute Gasteiger partial charge is 0.134 e. The average molecular weight is 242 g/mol. The van der Waals surface area contributed by atoms with Gasteiger partial charge in [0.15, 0.2) is 0 Å². The van der Waals surface area contributed by atoms with Crippen LogP contribution in [0.1, 0.15) is 51.9 Å². The van der Waals surface area contributed by atoms with E-state index in [2.05, 4.69) is 19.1 Å². The topological polar surface area (TPSA) is 0 Å². The zero-order valence-electron chi connectivity index (χ0n) is 10.7. The molecule has 0 aromatic carbocycles. The van der Waals surface area contributed by atoms with Crippen molar-refractivity contribution in [3.8, 4) is 0 Å². The van der Waals surface area contributed by atoms with E-state index in [1.807, 2.05) is 0 Å². The molecular formula is C15H24F2. The predicted octanol–water partition coefficient (Wildman–Crippen LogP) is 4.85. The fourth-order valence-corrected chi connectivity index (χ4v) is 3.67. The summed E-state index contributed by atoms with van der Waals surface area (Å²) >= 11 is 0. The zero-order valence-corrected chi connectivity index (χ0v) is 10.7. The highest BCUT2D eigenvalue weighted by molar-refractivity contribution is 4.93. The van der Waals surface area contributed by atoms with Gasteiger partial charge in [-0.1, -0.05) is 18.6 Å². The van der Waals surface area contributed by atoms with E-state index in [1.165, 1.54) is 0 Å². The standard InChI is InChI=1S/C15H24F2/c1-2-4-11-7-9-12(10-8-11)13-5-3-6-14(16)15(13)17/h2,4,11-15H,3,5-10H2,1H3/b4-2+. The molecule has 2 aliphatic carbocycles. The Balaban J connectivity index is 1.87. The van der Waals surface area contributed by atoms with E-state index in [1.54, 1.807) is 0 Å². The summed E-state index contributed by atoms with van der Waals surface area (Å²) in [5, 5.41) is 0. The molecule has 0 nitrogen and oxygen atoms in total. The molecular weight excluding hydrogens is 218 g/mol. The van der Waals surface area contributed by atoms with E-state index in [9.17, 15) is 8.78 Å². The van der Waals surface area contributed by atoms with Gasteiger partial charge < -0.3 is 0 Å². The van der Waals surface area contributed by atoms with Gasteiger partial charge in [-0.15, -0.1) is 0 Å². The molecule has 2 aliphatic rings. The third kappa shape index (κ3) is 3.08. The lowest BCUT2D eigenvalue weighted by Gasteiger charge is -2.38. The first kappa shape index (κ1) is 13.0. The second kappa shape index (κ2) is 5.97. The molecule has 0 N–H and O–H groups in total. The van der Waals surface area contributed by atoms with Crippen LogP contribution in [0.4, 0.5) is 8.78 Å². The summed E-state index contributed by atoms with van der Waals surface area (Å²) in [5.74, 6) is 1.12. The van der Waals surface area contributed by atoms with Crippen molar-refractivity contribution in [3.05, 3.63) is 12.2 Å². The summed E-state index contributed by atoms with van der Waals surface area (Å²) in [6.07, 6.45) is 8.72. The van der Waals surface area contributed by atoms with Crippen LogP contribution in [-0.4, -0.2) is 12.3 Å². The first-order valence-corrected chi connectivity index (χ1v) is 7.13. The molecule has 2 heteroatoms. The molecule has 2 rings (SSSR count). The third-order valence-electron chi connectivity index (χ3n) is 4.66. The fourth-order valence-electron chi connectivity index (χ4n) is 3.67. The van der Waals surface area contributed by atoms with Crippen LogP contribution in [0.15, 0.2) is 12.2 Å². The molecule has 0 heterocycles. The molecule has 0 spiro atoms. The van der Waals surface area contributed by atoms with Crippen molar-refractivity contribution < 1.29 is 8.78 Å². The van der Waals surface area contributed by atoms with Crippen LogP contribution < -0.4 is 0 Å². The van der Waals surface area contributed by atoms with Crippen LogP contribution in [0.5, 0.6) is 0 Å². The highest BCUT2D eigenvalue weighted by Crippen LogP contribution is 2.42. The number of allylic oxidation sites excluding steroid dienone is 2. The average Bonchev–Trinajstić information content (AvgIpc) is 2.34. The van der Waals surface area contributed by atoms with Crippen molar-refractivity contribution in [3.63, 3.8) is 0 Å². The Hall–Kier alpha value is -0.400. The summed E-state index contributed by atoms with van der Waals surface area (Å²) in [5.41, 5.74) is 0. The Morgan fingerprint density at radius 3 is 2.29 bits per heavy atom. The summed E-state index contributed by atoms with van der Waals surface area (Å²) < 4.78 is 27.3. The van der Waals surface area contributed by atoms with Gasteiger partial charge in [0.2, 0.25) is 0 Å². The van der Waals surface area contributed by atoms with Crippen molar-refractivity contribution in [2.75, 3.05) is 0 Å². The molecule has 2 fully saturated rings. The minimum atomic E-state index is -1.19. The van der Waals surface area contributed by atoms with Crippen molar-refractivity contribution in [2.24, 2.45) is 17.8 Å². The number of hydrogen-bond acceptors (Lipinski definition) is 0. The molecule has 98 valence electrons. The monoisotopic (exact) mass is 242 g/mol. The van der Waals surface area contributed by atoms with Gasteiger partial charge in [0.25, 0.3) is 0 Å². The number of alkyl halides is 2. The SMILES string of the molecule is C/C=C/C1CCC(C2CCCC(F)C2F)CC1. The molecule has 3 atom stereocenters. The maximum Gasteiger partial charge on any atom is 0.134 e. The summed E-state index contributed by atoms with van der Waals surface area (Å²) in [6, 6.07) is 0. The molecule has 0 bridgehead atoms. The lowest BCUT2D eigenvalue weighted by atomic mass is 9.70. The maximum atomic E-state index is 13.9. The molecule has 0 aliphatic heterocycles. The molecule has 0 aromatic heterocycles. The fraction of sp³-hybridized carbons (Fsp3) is 0.867. The molecule has 3 unspecified atom stereocenters. The minimum Gasteiger partial charge on any atom is -0.244 e. The first-order valence-electron chi connectivity index (χ1n) is 7.13. The highest BCUT2D eigenvalue weighted by Gasteiger charge is 2.39. The molecule has 0 amide bonds. The van der Waals surface area contributed by atoms with Gasteiger partial charge in [-0.3, -0.25) is 0 Å². The van der Waals surface area contributed by atoms with Gasteiger partial charge in [-0.25, -0.2) is 8.78 Å². The summed E-state index contributed by atoms with van der Waals surface area (Å²) in [4.78, 5) is 0. The third-order valence-corrected chi connectivity index (χ3v) is 4.66. The molecule has 0 aromatic rings. The number of rotatable bonds is 2. The van der Waals surface area contributed by atoms with Crippen LogP contribution in [0.3, 0.4) is 0 Å². The van der Waals surface area contributed by atoms with Crippen molar-refractivity contribution >= 4 is 0 Å². The Kier molecular flexibility index (Phi) is 4.58. The van der Waals surface area contributed by atoms with Gasteiger partial charge in [-0.05, 0) is 63.2 Å². The summed E-state index contributed by atoms with van der Waals surface area (Å²) in [6.45, 7) is 2.05. The van der Waals surface area contributed by atoms with Gasteiger partial charge in [0.1, 0.15) is 12.3 Å². The van der Waals surface area contributed by atoms with Crippen molar-refractivity contribution in [2.45, 2.75) is 64.2 Å².